The van der Waals surface area contributed by atoms with Crippen LogP contribution in [0, 0.1) is 0 Å². The van der Waals surface area contributed by atoms with Gasteiger partial charge in [0, 0.05) is 5.56 Å². The molecule has 162 valence electrons. The number of ether oxygens (including phenoxy) is 2. The van der Waals surface area contributed by atoms with E-state index in [1.54, 1.807) is 49.1 Å². The second-order valence-electron chi connectivity index (χ2n) is 7.09. The van der Waals surface area contributed by atoms with Crippen LogP contribution in [0.5, 0.6) is 11.5 Å². The zero-order valence-corrected chi connectivity index (χ0v) is 18.6. The average Bonchev–Trinajstić information content (AvgIpc) is 2.85. The summed E-state index contributed by atoms with van der Waals surface area (Å²) in [6.07, 6.45) is 0. The lowest BCUT2D eigenvalue weighted by Gasteiger charge is -2.13. The molecule has 1 aromatic heterocycles. The SMILES string of the molecule is COc1ccc(Cn2c(SCC(=O)c3cccc(OC)c3)nc3ccccc3c2=O)cc1. The molecule has 7 heteroatoms. The van der Waals surface area contributed by atoms with E-state index in [-0.39, 0.29) is 17.1 Å². The van der Waals surface area contributed by atoms with Crippen molar-refractivity contribution in [2.24, 2.45) is 0 Å². The molecular formula is C25H22N2O4S. The smallest absolute Gasteiger partial charge is 0.262 e. The highest BCUT2D eigenvalue weighted by atomic mass is 32.2. The number of methoxy groups -OCH3 is 2. The first-order valence-electron chi connectivity index (χ1n) is 10.0. The largest absolute Gasteiger partial charge is 0.497 e. The van der Waals surface area contributed by atoms with Gasteiger partial charge in [0.05, 0.1) is 37.4 Å². The Morgan fingerprint density at radius 3 is 2.44 bits per heavy atom. The van der Waals surface area contributed by atoms with Crippen LogP contribution in [0.25, 0.3) is 10.9 Å². The maximum Gasteiger partial charge on any atom is 0.262 e. The topological polar surface area (TPSA) is 70.4 Å². The fourth-order valence-electron chi connectivity index (χ4n) is 3.32. The van der Waals surface area contributed by atoms with Gasteiger partial charge in [-0.05, 0) is 42.0 Å². The van der Waals surface area contributed by atoms with Crippen LogP contribution in [-0.4, -0.2) is 35.3 Å². The van der Waals surface area contributed by atoms with Gasteiger partial charge in [0.15, 0.2) is 10.9 Å². The molecule has 0 saturated carbocycles. The number of rotatable bonds is 8. The zero-order valence-electron chi connectivity index (χ0n) is 17.8. The minimum atomic E-state index is -0.136. The molecule has 0 bridgehead atoms. The van der Waals surface area contributed by atoms with E-state index in [9.17, 15) is 9.59 Å². The fourth-order valence-corrected chi connectivity index (χ4v) is 4.21. The molecule has 0 unspecified atom stereocenters. The highest BCUT2D eigenvalue weighted by Crippen LogP contribution is 2.22. The van der Waals surface area contributed by atoms with Gasteiger partial charge in [0.2, 0.25) is 0 Å². The summed E-state index contributed by atoms with van der Waals surface area (Å²) in [5, 5.41) is 1.05. The van der Waals surface area contributed by atoms with Crippen molar-refractivity contribution in [2.45, 2.75) is 11.7 Å². The molecule has 6 nitrogen and oxygen atoms in total. The van der Waals surface area contributed by atoms with Gasteiger partial charge in [-0.1, -0.05) is 48.2 Å². The molecule has 0 saturated heterocycles. The van der Waals surface area contributed by atoms with Crippen LogP contribution < -0.4 is 15.0 Å². The molecular weight excluding hydrogens is 424 g/mol. The third kappa shape index (κ3) is 4.68. The first-order valence-corrected chi connectivity index (χ1v) is 11.0. The van der Waals surface area contributed by atoms with E-state index in [0.29, 0.717) is 33.9 Å². The molecule has 0 aliphatic heterocycles. The molecule has 1 heterocycles. The Labute approximate surface area is 189 Å². The molecule has 0 fully saturated rings. The molecule has 3 aromatic carbocycles. The van der Waals surface area contributed by atoms with Gasteiger partial charge < -0.3 is 9.47 Å². The van der Waals surface area contributed by atoms with Crippen LogP contribution >= 0.6 is 11.8 Å². The predicted molar refractivity (Wildman–Crippen MR) is 126 cm³/mol. The molecule has 4 aromatic rings. The number of hydrogen-bond donors (Lipinski definition) is 0. The number of carbonyl (C=O) groups excluding carboxylic acids is 1. The standard InChI is InChI=1S/C25H22N2O4S/c1-30-19-12-10-17(11-13-19)15-27-24(29)21-8-3-4-9-22(21)26-25(27)32-16-23(28)18-6-5-7-20(14-18)31-2/h3-14H,15-16H2,1-2H3. The quantitative estimate of drug-likeness (QED) is 0.226. The summed E-state index contributed by atoms with van der Waals surface area (Å²) in [5.74, 6) is 1.46. The summed E-state index contributed by atoms with van der Waals surface area (Å²) in [5.41, 5.74) is 1.97. The molecule has 0 radical (unpaired) electrons. The summed E-state index contributed by atoms with van der Waals surface area (Å²) >= 11 is 1.26. The fraction of sp³-hybridized carbons (Fsp3) is 0.160. The summed E-state index contributed by atoms with van der Waals surface area (Å²) in [7, 11) is 3.18. The zero-order chi connectivity index (χ0) is 22.5. The third-order valence-corrected chi connectivity index (χ3v) is 6.03. The first kappa shape index (κ1) is 21.6. The number of nitrogens with zero attached hydrogens (tertiary/aromatic N) is 2. The predicted octanol–water partition coefficient (Wildman–Crippen LogP) is 4.44. The van der Waals surface area contributed by atoms with Gasteiger partial charge in [-0.3, -0.25) is 14.2 Å². The second-order valence-corrected chi connectivity index (χ2v) is 8.04. The van der Waals surface area contributed by atoms with Crippen LogP contribution in [-0.2, 0) is 6.54 Å². The van der Waals surface area contributed by atoms with Crippen LogP contribution in [0.15, 0.2) is 82.7 Å². The number of carbonyl (C=O) groups is 1. The number of benzene rings is 3. The van der Waals surface area contributed by atoms with E-state index in [1.165, 1.54) is 11.8 Å². The van der Waals surface area contributed by atoms with Crippen LogP contribution in [0.2, 0.25) is 0 Å². The lowest BCUT2D eigenvalue weighted by atomic mass is 10.1. The Hall–Kier alpha value is -3.58. The van der Waals surface area contributed by atoms with Gasteiger partial charge in [0.25, 0.3) is 5.56 Å². The van der Waals surface area contributed by atoms with Gasteiger partial charge >= 0.3 is 0 Å². The first-order chi connectivity index (χ1) is 15.6. The Kier molecular flexibility index (Phi) is 6.56. The van der Waals surface area contributed by atoms with Crippen molar-refractivity contribution in [3.63, 3.8) is 0 Å². The molecule has 0 amide bonds. The minimum absolute atomic E-state index is 0.0627. The van der Waals surface area contributed by atoms with Crippen LogP contribution in [0.3, 0.4) is 0 Å². The maximum atomic E-state index is 13.3. The van der Waals surface area contributed by atoms with Crippen molar-refractivity contribution < 1.29 is 14.3 Å². The number of para-hydroxylation sites is 1. The lowest BCUT2D eigenvalue weighted by Crippen LogP contribution is -2.24. The minimum Gasteiger partial charge on any atom is -0.497 e. The molecule has 0 N–H and O–H groups in total. The molecule has 0 aliphatic rings. The number of hydrogen-bond acceptors (Lipinski definition) is 6. The van der Waals surface area contributed by atoms with Gasteiger partial charge in [-0.2, -0.15) is 0 Å². The van der Waals surface area contributed by atoms with Crippen molar-refractivity contribution >= 4 is 28.4 Å². The average molecular weight is 447 g/mol. The van der Waals surface area contributed by atoms with Crippen LogP contribution in [0.4, 0.5) is 0 Å². The normalized spacial score (nSPS) is 10.8. The Morgan fingerprint density at radius 2 is 1.69 bits per heavy atom. The molecule has 0 aliphatic carbocycles. The van der Waals surface area contributed by atoms with Crippen molar-refractivity contribution in [2.75, 3.05) is 20.0 Å². The summed E-state index contributed by atoms with van der Waals surface area (Å²) in [4.78, 5) is 30.7. The lowest BCUT2D eigenvalue weighted by molar-refractivity contribution is 0.102. The van der Waals surface area contributed by atoms with Gasteiger partial charge in [-0.15, -0.1) is 0 Å². The van der Waals surface area contributed by atoms with E-state index >= 15 is 0 Å². The highest BCUT2D eigenvalue weighted by Gasteiger charge is 2.15. The van der Waals surface area contributed by atoms with E-state index in [2.05, 4.69) is 4.98 Å². The van der Waals surface area contributed by atoms with Gasteiger partial charge in [0.1, 0.15) is 11.5 Å². The maximum absolute atomic E-state index is 13.3. The number of ketones is 1. The third-order valence-electron chi connectivity index (χ3n) is 5.05. The summed E-state index contributed by atoms with van der Waals surface area (Å²) in [6, 6.07) is 21.8. The Morgan fingerprint density at radius 1 is 0.938 bits per heavy atom. The van der Waals surface area contributed by atoms with Crippen molar-refractivity contribution in [3.8, 4) is 11.5 Å². The van der Waals surface area contributed by atoms with Gasteiger partial charge in [-0.25, -0.2) is 4.98 Å². The van der Waals surface area contributed by atoms with E-state index < -0.39 is 0 Å². The van der Waals surface area contributed by atoms with E-state index in [0.717, 1.165) is 11.3 Å². The second kappa shape index (κ2) is 9.70. The molecule has 0 spiro atoms. The molecule has 0 atom stereocenters. The molecule has 4 rings (SSSR count). The highest BCUT2D eigenvalue weighted by molar-refractivity contribution is 7.99. The molecule has 32 heavy (non-hydrogen) atoms. The van der Waals surface area contributed by atoms with Crippen LogP contribution in [0.1, 0.15) is 15.9 Å². The number of thioether (sulfide) groups is 1. The number of fused-ring (bicyclic) bond motifs is 1. The van der Waals surface area contributed by atoms with E-state index in [4.69, 9.17) is 9.47 Å². The van der Waals surface area contributed by atoms with Crippen molar-refractivity contribution in [3.05, 3.63) is 94.3 Å². The van der Waals surface area contributed by atoms with E-state index in [1.807, 2.05) is 42.5 Å². The summed E-state index contributed by atoms with van der Waals surface area (Å²) in [6.45, 7) is 0.344. The Bertz CT molecular complexity index is 1320. The van der Waals surface area contributed by atoms with Crippen molar-refractivity contribution in [1.82, 2.24) is 9.55 Å². The van der Waals surface area contributed by atoms with Crippen molar-refractivity contribution in [1.29, 1.82) is 0 Å². The summed E-state index contributed by atoms with van der Waals surface area (Å²) < 4.78 is 12.0. The number of Topliss-reactive ketones (excluding diaryl/α,β-unsaturated/α-hetero) is 1. The monoisotopic (exact) mass is 446 g/mol. The number of aromatic nitrogens is 2. The Balaban J connectivity index is 1.66.